The number of benzene rings is 1. The van der Waals surface area contributed by atoms with Gasteiger partial charge in [-0.05, 0) is 30.4 Å². The van der Waals surface area contributed by atoms with Crippen molar-refractivity contribution in [2.75, 3.05) is 32.8 Å². The number of nitrogens with one attached hydrogen (secondary N) is 2. The van der Waals surface area contributed by atoms with Crippen LogP contribution in [0, 0.1) is 16.6 Å². The van der Waals surface area contributed by atoms with Gasteiger partial charge < -0.3 is 14.5 Å². The number of aromatic nitrogens is 1. The predicted molar refractivity (Wildman–Crippen MR) is 120 cm³/mol. The molecule has 9 heteroatoms. The van der Waals surface area contributed by atoms with E-state index in [2.05, 4.69) is 25.2 Å². The van der Waals surface area contributed by atoms with E-state index in [4.69, 9.17) is 15.6 Å². The van der Waals surface area contributed by atoms with E-state index in [0.29, 0.717) is 44.5 Å². The van der Waals surface area contributed by atoms with Crippen LogP contribution in [0.1, 0.15) is 11.3 Å². The molecule has 0 aliphatic carbocycles. The number of amidine groups is 2. The lowest BCUT2D eigenvalue weighted by atomic mass is 10.0. The van der Waals surface area contributed by atoms with Gasteiger partial charge in [-0.15, -0.1) is 0 Å². The molecular formula is C19H21FIN5OS. The van der Waals surface area contributed by atoms with E-state index in [9.17, 15) is 4.39 Å². The molecule has 1 aromatic carbocycles. The van der Waals surface area contributed by atoms with Crippen molar-refractivity contribution in [3.8, 4) is 0 Å². The molecule has 3 heterocycles. The van der Waals surface area contributed by atoms with Crippen molar-refractivity contribution in [2.45, 2.75) is 13.0 Å². The van der Waals surface area contributed by atoms with E-state index < -0.39 is 0 Å². The number of fused-ring (bicyclic) bond motifs is 3. The molecule has 2 aromatic rings. The summed E-state index contributed by atoms with van der Waals surface area (Å²) in [5.41, 5.74) is 3.25. The summed E-state index contributed by atoms with van der Waals surface area (Å²) in [4.78, 5) is 3.97. The fourth-order valence-electron chi connectivity index (χ4n) is 3.75. The van der Waals surface area contributed by atoms with E-state index in [1.54, 1.807) is 27.3 Å². The molecule has 0 atom stereocenters. The van der Waals surface area contributed by atoms with Crippen molar-refractivity contribution in [2.24, 2.45) is 0 Å². The molecule has 2 N–H and O–H groups in total. The molecule has 0 radical (unpaired) electrons. The van der Waals surface area contributed by atoms with Crippen LogP contribution in [-0.2, 0) is 17.7 Å². The first-order chi connectivity index (χ1) is 13.6. The molecule has 6 nitrogen and oxygen atoms in total. The second-order valence-corrected chi connectivity index (χ2v) is 8.51. The maximum atomic E-state index is 13.7. The average Bonchev–Trinajstić information content (AvgIpc) is 3.04. The molecular weight excluding hydrogens is 492 g/mol. The van der Waals surface area contributed by atoms with Crippen LogP contribution in [0.15, 0.2) is 30.4 Å². The van der Waals surface area contributed by atoms with Gasteiger partial charge in [-0.3, -0.25) is 14.8 Å². The van der Waals surface area contributed by atoms with Gasteiger partial charge in [0.15, 0.2) is 0 Å². The normalized spacial score (nSPS) is 17.4. The monoisotopic (exact) mass is 513 g/mol. The first-order valence-electron chi connectivity index (χ1n) is 9.12. The Kier molecular flexibility index (Phi) is 5.93. The number of morpholine rings is 1. The van der Waals surface area contributed by atoms with E-state index in [-0.39, 0.29) is 5.82 Å². The highest BCUT2D eigenvalue weighted by Crippen LogP contribution is 2.36. The lowest BCUT2D eigenvalue weighted by Gasteiger charge is -2.29. The van der Waals surface area contributed by atoms with E-state index in [1.165, 1.54) is 11.8 Å². The third kappa shape index (κ3) is 3.79. The van der Waals surface area contributed by atoms with E-state index >= 15 is 0 Å². The van der Waals surface area contributed by atoms with Gasteiger partial charge in [0.25, 0.3) is 0 Å². The maximum Gasteiger partial charge on any atom is 0.125 e. The molecule has 0 saturated carbocycles. The smallest absolute Gasteiger partial charge is 0.125 e. The van der Waals surface area contributed by atoms with Crippen LogP contribution in [0.2, 0.25) is 0 Å². The predicted octanol–water partition coefficient (Wildman–Crippen LogP) is 3.83. The SMILES string of the molecule is N=C(/C=C\C(=N)N1CCc2c(c3ccc(F)cc3n2SI)C1)N1CCOCC1. The van der Waals surface area contributed by atoms with Crippen molar-refractivity contribution >= 4 is 52.9 Å². The number of hydrogen-bond donors (Lipinski definition) is 2. The molecule has 0 bridgehead atoms. The quantitative estimate of drug-likeness (QED) is 0.372. The van der Waals surface area contributed by atoms with Gasteiger partial charge in [-0.2, -0.15) is 0 Å². The fourth-order valence-corrected chi connectivity index (χ4v) is 5.61. The summed E-state index contributed by atoms with van der Waals surface area (Å²) in [6, 6.07) is 4.92. The summed E-state index contributed by atoms with van der Waals surface area (Å²) in [5.74, 6) is 0.580. The molecule has 1 fully saturated rings. The summed E-state index contributed by atoms with van der Waals surface area (Å²) in [5, 5.41) is 17.7. The number of ether oxygens (including phenoxy) is 1. The Hall–Kier alpha value is -1.59. The Morgan fingerprint density at radius 1 is 1.11 bits per heavy atom. The first-order valence-corrected chi connectivity index (χ1v) is 12.4. The van der Waals surface area contributed by atoms with E-state index in [1.807, 2.05) is 15.9 Å². The van der Waals surface area contributed by atoms with Crippen LogP contribution >= 0.6 is 30.3 Å². The zero-order chi connectivity index (χ0) is 19.7. The molecule has 0 spiro atoms. The zero-order valence-corrected chi connectivity index (χ0v) is 18.2. The summed E-state index contributed by atoms with van der Waals surface area (Å²) < 4.78 is 21.2. The minimum atomic E-state index is -0.233. The first kappa shape index (κ1) is 19.7. The molecule has 148 valence electrons. The average molecular weight is 513 g/mol. The summed E-state index contributed by atoms with van der Waals surface area (Å²) in [7, 11) is 1.56. The molecule has 0 amide bonds. The lowest BCUT2D eigenvalue weighted by Crippen LogP contribution is -2.40. The second kappa shape index (κ2) is 8.42. The lowest BCUT2D eigenvalue weighted by molar-refractivity contribution is 0.0681. The molecule has 0 unspecified atom stereocenters. The molecule has 2 aliphatic rings. The molecule has 1 saturated heterocycles. The van der Waals surface area contributed by atoms with Crippen LogP contribution < -0.4 is 0 Å². The fraction of sp³-hybridized carbons (Fsp3) is 0.368. The number of rotatable bonds is 3. The highest BCUT2D eigenvalue weighted by atomic mass is 127. The molecule has 28 heavy (non-hydrogen) atoms. The molecule has 2 aliphatic heterocycles. The van der Waals surface area contributed by atoms with Crippen molar-refractivity contribution < 1.29 is 9.13 Å². The van der Waals surface area contributed by atoms with Gasteiger partial charge in [-0.25, -0.2) is 4.39 Å². The summed E-state index contributed by atoms with van der Waals surface area (Å²) in [6.07, 6.45) is 4.20. The van der Waals surface area contributed by atoms with E-state index in [0.717, 1.165) is 29.4 Å². The van der Waals surface area contributed by atoms with Crippen LogP contribution in [0.4, 0.5) is 4.39 Å². The largest absolute Gasteiger partial charge is 0.378 e. The Morgan fingerprint density at radius 3 is 2.54 bits per heavy atom. The third-order valence-corrected chi connectivity index (χ3v) is 6.96. The standard InChI is InChI=1S/C19H21FIN5OS/c20-13-1-2-14-15-12-25(6-5-16(15)26(28-21)17(14)11-13)19(23)4-3-18(22)24-7-9-27-10-8-24/h1-4,11,22-23H,5-10,12H2/b4-3-,22-18?,23-19?. The zero-order valence-electron chi connectivity index (χ0n) is 15.3. The van der Waals surface area contributed by atoms with Gasteiger partial charge in [0.2, 0.25) is 0 Å². The minimum Gasteiger partial charge on any atom is -0.378 e. The van der Waals surface area contributed by atoms with Crippen LogP contribution in [0.3, 0.4) is 0 Å². The van der Waals surface area contributed by atoms with Gasteiger partial charge in [-0.1, -0.05) is 0 Å². The molecule has 1 aromatic heterocycles. The maximum absolute atomic E-state index is 13.7. The van der Waals surface area contributed by atoms with Crippen LogP contribution in [0.25, 0.3) is 10.9 Å². The highest BCUT2D eigenvalue weighted by molar-refractivity contribution is 14.2. The van der Waals surface area contributed by atoms with Gasteiger partial charge >= 0.3 is 0 Å². The second-order valence-electron chi connectivity index (χ2n) is 6.82. The third-order valence-electron chi connectivity index (χ3n) is 5.23. The molecule has 4 rings (SSSR count). The Balaban J connectivity index is 1.52. The van der Waals surface area contributed by atoms with Gasteiger partial charge in [0.1, 0.15) is 17.5 Å². The number of hydrogen-bond acceptors (Lipinski definition) is 4. The number of halogens is 2. The minimum absolute atomic E-state index is 0.233. The van der Waals surface area contributed by atoms with Crippen molar-refractivity contribution in [3.63, 3.8) is 0 Å². The Labute approximate surface area is 179 Å². The van der Waals surface area contributed by atoms with Crippen LogP contribution in [-0.4, -0.2) is 58.3 Å². The van der Waals surface area contributed by atoms with Crippen molar-refractivity contribution in [1.29, 1.82) is 10.8 Å². The van der Waals surface area contributed by atoms with Gasteiger partial charge in [0.05, 0.1) is 18.7 Å². The highest BCUT2D eigenvalue weighted by Gasteiger charge is 2.25. The summed E-state index contributed by atoms with van der Waals surface area (Å²) >= 11 is 2.23. The Bertz CT molecular complexity index is 953. The number of nitrogens with zero attached hydrogens (tertiary/aromatic N) is 3. The van der Waals surface area contributed by atoms with Crippen molar-refractivity contribution in [1.82, 2.24) is 13.8 Å². The van der Waals surface area contributed by atoms with Crippen molar-refractivity contribution in [3.05, 3.63) is 47.4 Å². The van der Waals surface area contributed by atoms with Gasteiger partial charge in [0, 0.05) is 79.6 Å². The Morgan fingerprint density at radius 2 is 1.82 bits per heavy atom. The van der Waals surface area contributed by atoms with Crippen LogP contribution in [0.5, 0.6) is 0 Å². The summed E-state index contributed by atoms with van der Waals surface area (Å²) in [6.45, 7) is 4.07. The topological polar surface area (TPSA) is 68.3 Å².